The van der Waals surface area contributed by atoms with E-state index in [0.29, 0.717) is 29.7 Å². The van der Waals surface area contributed by atoms with Crippen molar-refractivity contribution < 1.29 is 13.2 Å². The van der Waals surface area contributed by atoms with Crippen molar-refractivity contribution in [2.45, 2.75) is 30.6 Å². The van der Waals surface area contributed by atoms with E-state index in [1.54, 1.807) is 13.1 Å². The van der Waals surface area contributed by atoms with Gasteiger partial charge in [-0.1, -0.05) is 0 Å². The number of hydrogen-bond acceptors (Lipinski definition) is 4. The van der Waals surface area contributed by atoms with Crippen molar-refractivity contribution in [1.29, 1.82) is 0 Å². The molecular formula is C12H20ClNO3S2. The first-order chi connectivity index (χ1) is 8.87. The fraction of sp³-hybridized carbons (Fsp3) is 0.667. The quantitative estimate of drug-likeness (QED) is 0.690. The van der Waals surface area contributed by atoms with Gasteiger partial charge in [-0.25, -0.2) is 8.42 Å². The lowest BCUT2D eigenvalue weighted by molar-refractivity contribution is 0.0737. The molecule has 0 radical (unpaired) electrons. The third-order valence-corrected chi connectivity index (χ3v) is 6.16. The van der Waals surface area contributed by atoms with Crippen molar-refractivity contribution in [3.63, 3.8) is 0 Å². The van der Waals surface area contributed by atoms with E-state index >= 15 is 0 Å². The molecule has 0 unspecified atom stereocenters. The highest BCUT2D eigenvalue weighted by Gasteiger charge is 2.22. The number of likely N-dealkylation sites (N-methyl/N-ethyl adjacent to an activating group) is 1. The standard InChI is InChI=1S/C12H20ClNO3S2/c1-10(2)17-9-8-14(3)19(15,16)12-5-4-11(18-12)6-7-13/h4-5,10H,6-9H2,1-3H3. The molecule has 0 atom stereocenters. The number of halogens is 1. The summed E-state index contributed by atoms with van der Waals surface area (Å²) < 4.78 is 31.6. The molecule has 0 fully saturated rings. The highest BCUT2D eigenvalue weighted by Crippen LogP contribution is 2.24. The highest BCUT2D eigenvalue weighted by molar-refractivity contribution is 7.91. The zero-order valence-corrected chi connectivity index (χ0v) is 13.8. The molecule has 1 rings (SSSR count). The lowest BCUT2D eigenvalue weighted by Crippen LogP contribution is -2.30. The summed E-state index contributed by atoms with van der Waals surface area (Å²) in [4.78, 5) is 0.986. The van der Waals surface area contributed by atoms with Crippen molar-refractivity contribution in [3.05, 3.63) is 17.0 Å². The molecule has 0 aromatic carbocycles. The SMILES string of the molecule is CC(C)OCCN(C)S(=O)(=O)c1ccc(CCCl)s1. The van der Waals surface area contributed by atoms with Gasteiger partial charge in [-0.2, -0.15) is 4.31 Å². The monoisotopic (exact) mass is 325 g/mol. The minimum Gasteiger partial charge on any atom is -0.377 e. The maximum Gasteiger partial charge on any atom is 0.252 e. The van der Waals surface area contributed by atoms with Gasteiger partial charge in [-0.15, -0.1) is 22.9 Å². The van der Waals surface area contributed by atoms with Crippen molar-refractivity contribution >= 4 is 33.0 Å². The highest BCUT2D eigenvalue weighted by atomic mass is 35.5. The average molecular weight is 326 g/mol. The van der Waals surface area contributed by atoms with Crippen LogP contribution in [-0.4, -0.2) is 44.9 Å². The number of sulfonamides is 1. The molecule has 110 valence electrons. The number of aryl methyl sites for hydroxylation is 1. The summed E-state index contributed by atoms with van der Waals surface area (Å²) in [6.45, 7) is 4.59. The minimum absolute atomic E-state index is 0.105. The predicted octanol–water partition coefficient (Wildman–Crippen LogP) is 2.57. The molecule has 7 heteroatoms. The van der Waals surface area contributed by atoms with Gasteiger partial charge in [0.1, 0.15) is 4.21 Å². The van der Waals surface area contributed by atoms with Gasteiger partial charge < -0.3 is 4.74 Å². The second kappa shape index (κ2) is 7.59. The topological polar surface area (TPSA) is 46.6 Å². The van der Waals surface area contributed by atoms with Crippen LogP contribution in [-0.2, 0) is 21.2 Å². The Hall–Kier alpha value is -0.140. The Morgan fingerprint density at radius 2 is 2.11 bits per heavy atom. The zero-order chi connectivity index (χ0) is 14.5. The third kappa shape index (κ3) is 5.04. The smallest absolute Gasteiger partial charge is 0.252 e. The summed E-state index contributed by atoms with van der Waals surface area (Å²) in [6, 6.07) is 3.46. The molecule has 0 aliphatic heterocycles. The lowest BCUT2D eigenvalue weighted by Gasteiger charge is -2.16. The van der Waals surface area contributed by atoms with E-state index < -0.39 is 10.0 Å². The molecule has 0 amide bonds. The van der Waals surface area contributed by atoms with Crippen LogP contribution in [0.25, 0.3) is 0 Å². The Bertz CT molecular complexity index is 485. The Morgan fingerprint density at radius 3 is 2.68 bits per heavy atom. The molecule has 0 saturated carbocycles. The predicted molar refractivity (Wildman–Crippen MR) is 79.6 cm³/mol. The molecule has 4 nitrogen and oxygen atoms in total. The van der Waals surface area contributed by atoms with Crippen LogP contribution in [0.1, 0.15) is 18.7 Å². The van der Waals surface area contributed by atoms with Gasteiger partial charge in [0.15, 0.2) is 0 Å². The van der Waals surface area contributed by atoms with Crippen molar-refractivity contribution in [3.8, 4) is 0 Å². The first-order valence-electron chi connectivity index (χ1n) is 6.10. The van der Waals surface area contributed by atoms with Gasteiger partial charge in [0.25, 0.3) is 10.0 Å². The van der Waals surface area contributed by atoms with Crippen LogP contribution in [0.2, 0.25) is 0 Å². The van der Waals surface area contributed by atoms with E-state index in [-0.39, 0.29) is 6.10 Å². The van der Waals surface area contributed by atoms with Crippen LogP contribution in [0.5, 0.6) is 0 Å². The number of alkyl halides is 1. The first-order valence-corrected chi connectivity index (χ1v) is 8.89. The summed E-state index contributed by atoms with van der Waals surface area (Å²) in [7, 11) is -1.84. The van der Waals surface area contributed by atoms with Crippen LogP contribution < -0.4 is 0 Å². The van der Waals surface area contributed by atoms with Gasteiger partial charge in [0.2, 0.25) is 0 Å². The zero-order valence-electron chi connectivity index (χ0n) is 11.4. The van der Waals surface area contributed by atoms with E-state index in [9.17, 15) is 8.42 Å². The summed E-state index contributed by atoms with van der Waals surface area (Å²) in [6.07, 6.45) is 0.801. The summed E-state index contributed by atoms with van der Waals surface area (Å²) in [5, 5.41) is 0. The fourth-order valence-corrected chi connectivity index (χ4v) is 4.45. The molecule has 19 heavy (non-hydrogen) atoms. The van der Waals surface area contributed by atoms with Gasteiger partial charge >= 0.3 is 0 Å². The maximum absolute atomic E-state index is 12.3. The maximum atomic E-state index is 12.3. The lowest BCUT2D eigenvalue weighted by atomic mass is 10.4. The van der Waals surface area contributed by atoms with E-state index in [1.165, 1.54) is 15.6 Å². The molecule has 0 aliphatic rings. The molecule has 0 N–H and O–H groups in total. The van der Waals surface area contributed by atoms with Crippen LogP contribution >= 0.6 is 22.9 Å². The van der Waals surface area contributed by atoms with Crippen LogP contribution in [0.3, 0.4) is 0 Å². The number of thiophene rings is 1. The Labute approximate surface area is 124 Å². The minimum atomic E-state index is -3.41. The second-order valence-corrected chi connectivity index (χ2v) is 8.22. The molecule has 1 heterocycles. The molecular weight excluding hydrogens is 306 g/mol. The molecule has 0 saturated heterocycles. The van der Waals surface area contributed by atoms with Gasteiger partial charge in [0, 0.05) is 24.3 Å². The van der Waals surface area contributed by atoms with Gasteiger partial charge in [-0.3, -0.25) is 0 Å². The van der Waals surface area contributed by atoms with E-state index in [1.807, 2.05) is 19.9 Å². The second-order valence-electron chi connectivity index (χ2n) is 4.41. The van der Waals surface area contributed by atoms with Gasteiger partial charge in [0.05, 0.1) is 12.7 Å². The Kier molecular flexibility index (Phi) is 6.76. The largest absolute Gasteiger partial charge is 0.377 e. The van der Waals surface area contributed by atoms with Crippen LogP contribution in [0, 0.1) is 0 Å². The number of rotatable bonds is 8. The summed E-state index contributed by atoms with van der Waals surface area (Å²) >= 11 is 6.93. The van der Waals surface area contributed by atoms with Crippen molar-refractivity contribution in [2.75, 3.05) is 26.1 Å². The van der Waals surface area contributed by atoms with Crippen molar-refractivity contribution in [1.82, 2.24) is 4.31 Å². The fourth-order valence-electron chi connectivity index (χ4n) is 1.42. The Balaban J connectivity index is 2.67. The van der Waals surface area contributed by atoms with E-state index in [0.717, 1.165) is 4.88 Å². The number of ether oxygens (including phenoxy) is 1. The third-order valence-electron chi connectivity index (χ3n) is 2.50. The van der Waals surface area contributed by atoms with Gasteiger partial charge in [-0.05, 0) is 32.4 Å². The van der Waals surface area contributed by atoms with E-state index in [4.69, 9.17) is 16.3 Å². The molecule has 0 spiro atoms. The average Bonchev–Trinajstić information content (AvgIpc) is 2.78. The summed E-state index contributed by atoms with van der Waals surface area (Å²) in [5.41, 5.74) is 0. The number of nitrogens with zero attached hydrogens (tertiary/aromatic N) is 1. The normalized spacial score (nSPS) is 12.5. The Morgan fingerprint density at radius 1 is 1.42 bits per heavy atom. The number of hydrogen-bond donors (Lipinski definition) is 0. The van der Waals surface area contributed by atoms with E-state index in [2.05, 4.69) is 0 Å². The molecule has 0 bridgehead atoms. The first kappa shape index (κ1) is 16.9. The van der Waals surface area contributed by atoms with Crippen LogP contribution in [0.4, 0.5) is 0 Å². The molecule has 0 aliphatic carbocycles. The van der Waals surface area contributed by atoms with Crippen molar-refractivity contribution in [2.24, 2.45) is 0 Å². The molecule has 1 aromatic heterocycles. The summed E-state index contributed by atoms with van der Waals surface area (Å²) in [5.74, 6) is 0.498. The van der Waals surface area contributed by atoms with Crippen LogP contribution in [0.15, 0.2) is 16.3 Å². The molecule has 1 aromatic rings.